The summed E-state index contributed by atoms with van der Waals surface area (Å²) in [7, 11) is -3.62. The van der Waals surface area contributed by atoms with Crippen molar-refractivity contribution in [2.45, 2.75) is 11.1 Å². The Morgan fingerprint density at radius 1 is 1.32 bits per heavy atom. The fourth-order valence-corrected chi connectivity index (χ4v) is 1.88. The number of benzene rings is 1. The largest absolute Gasteiger partial charge is 0.465 e. The molecule has 0 aliphatic carbocycles. The Bertz CT molecular complexity index is 596. The van der Waals surface area contributed by atoms with Crippen molar-refractivity contribution in [3.05, 3.63) is 29.3 Å². The van der Waals surface area contributed by atoms with Crippen LogP contribution in [0.3, 0.4) is 0 Å². The number of methoxy groups -OCH3 is 1. The number of carbonyl (C=O) groups is 1. The lowest BCUT2D eigenvalue weighted by atomic mass is 10.1. The zero-order valence-corrected chi connectivity index (χ0v) is 10.2. The van der Waals surface area contributed by atoms with Gasteiger partial charge >= 0.3 is 12.1 Å². The number of alkyl halides is 3. The van der Waals surface area contributed by atoms with E-state index in [1.54, 1.807) is 0 Å². The number of ether oxygens (including phenoxy) is 1. The van der Waals surface area contributed by atoms with Crippen molar-refractivity contribution in [1.82, 2.24) is 4.89 Å². The summed E-state index contributed by atoms with van der Waals surface area (Å²) in [6.07, 6.45) is -4.86. The third kappa shape index (κ3) is 3.43. The van der Waals surface area contributed by atoms with Gasteiger partial charge in [0.1, 0.15) is 0 Å². The SMILES string of the molecule is COC(=O)c1cc(C(F)(F)F)cc(S(=O)(=O)NO)c1. The highest BCUT2D eigenvalue weighted by Crippen LogP contribution is 2.31. The molecule has 1 rings (SSSR count). The summed E-state index contributed by atoms with van der Waals surface area (Å²) in [5, 5.41) is 8.39. The Morgan fingerprint density at radius 3 is 2.32 bits per heavy atom. The average molecular weight is 299 g/mol. The third-order valence-electron chi connectivity index (χ3n) is 2.09. The molecule has 0 heterocycles. The van der Waals surface area contributed by atoms with E-state index in [9.17, 15) is 26.4 Å². The maximum Gasteiger partial charge on any atom is 0.416 e. The van der Waals surface area contributed by atoms with Gasteiger partial charge in [0.15, 0.2) is 0 Å². The van der Waals surface area contributed by atoms with Gasteiger partial charge in [-0.1, -0.05) is 4.89 Å². The first-order chi connectivity index (χ1) is 8.61. The van der Waals surface area contributed by atoms with Crippen LogP contribution >= 0.6 is 0 Å². The predicted octanol–water partition coefficient (Wildman–Crippen LogP) is 1.16. The maximum absolute atomic E-state index is 12.6. The van der Waals surface area contributed by atoms with Crippen LogP contribution in [0.2, 0.25) is 0 Å². The van der Waals surface area contributed by atoms with Crippen molar-refractivity contribution in [3.63, 3.8) is 0 Å². The second-order valence-electron chi connectivity index (χ2n) is 3.33. The number of sulfonamides is 1. The highest BCUT2D eigenvalue weighted by Gasteiger charge is 2.33. The first-order valence-electron chi connectivity index (χ1n) is 4.58. The Labute approximate surface area is 105 Å². The lowest BCUT2D eigenvalue weighted by molar-refractivity contribution is -0.137. The van der Waals surface area contributed by atoms with Crippen LogP contribution in [0.1, 0.15) is 15.9 Å². The van der Waals surface area contributed by atoms with Crippen LogP contribution in [0.5, 0.6) is 0 Å². The maximum atomic E-state index is 12.6. The fraction of sp³-hybridized carbons (Fsp3) is 0.222. The molecule has 0 aliphatic heterocycles. The molecule has 10 heteroatoms. The molecule has 19 heavy (non-hydrogen) atoms. The topological polar surface area (TPSA) is 92.7 Å². The minimum absolute atomic E-state index is 0.283. The van der Waals surface area contributed by atoms with Crippen molar-refractivity contribution in [1.29, 1.82) is 0 Å². The zero-order valence-electron chi connectivity index (χ0n) is 9.35. The van der Waals surface area contributed by atoms with Crippen molar-refractivity contribution < 1.29 is 36.3 Å². The normalized spacial score (nSPS) is 12.3. The molecule has 106 valence electrons. The number of carbonyl (C=O) groups excluding carboxylic acids is 1. The van der Waals surface area contributed by atoms with Gasteiger partial charge in [0.2, 0.25) is 0 Å². The van der Waals surface area contributed by atoms with Gasteiger partial charge < -0.3 is 9.94 Å². The fourth-order valence-electron chi connectivity index (χ4n) is 1.21. The molecule has 0 aromatic heterocycles. The summed E-state index contributed by atoms with van der Waals surface area (Å²) >= 11 is 0. The molecule has 0 spiro atoms. The second-order valence-corrected chi connectivity index (χ2v) is 4.99. The zero-order chi connectivity index (χ0) is 14.8. The van der Waals surface area contributed by atoms with E-state index >= 15 is 0 Å². The van der Waals surface area contributed by atoms with Crippen LogP contribution in [0.25, 0.3) is 0 Å². The van der Waals surface area contributed by atoms with Crippen molar-refractivity contribution in [2.24, 2.45) is 0 Å². The quantitative estimate of drug-likeness (QED) is 0.645. The number of hydrogen-bond donors (Lipinski definition) is 2. The van der Waals surface area contributed by atoms with Gasteiger partial charge in [0.05, 0.1) is 23.1 Å². The second kappa shape index (κ2) is 5.15. The van der Waals surface area contributed by atoms with E-state index in [4.69, 9.17) is 5.21 Å². The molecular formula is C9H8F3NO5S. The van der Waals surface area contributed by atoms with Gasteiger partial charge in [-0.2, -0.15) is 13.2 Å². The average Bonchev–Trinajstić information content (AvgIpc) is 2.36. The van der Waals surface area contributed by atoms with E-state index < -0.39 is 38.2 Å². The Hall–Kier alpha value is -1.65. The molecule has 0 fully saturated rings. The molecule has 0 unspecified atom stereocenters. The molecule has 1 aromatic carbocycles. The molecule has 0 saturated carbocycles. The highest BCUT2D eigenvalue weighted by molar-refractivity contribution is 7.89. The number of hydrogen-bond acceptors (Lipinski definition) is 5. The molecule has 2 N–H and O–H groups in total. The van der Waals surface area contributed by atoms with Gasteiger partial charge in [-0.15, -0.1) is 0 Å². The predicted molar refractivity (Wildman–Crippen MR) is 54.9 cm³/mol. The number of esters is 1. The van der Waals surface area contributed by atoms with Crippen LogP contribution < -0.4 is 4.89 Å². The summed E-state index contributed by atoms with van der Waals surface area (Å²) < 4.78 is 64.5. The van der Waals surface area contributed by atoms with Gasteiger partial charge in [-0.3, -0.25) is 0 Å². The molecule has 0 radical (unpaired) electrons. The van der Waals surface area contributed by atoms with Crippen LogP contribution in [0.4, 0.5) is 13.2 Å². The van der Waals surface area contributed by atoms with E-state index in [0.29, 0.717) is 12.1 Å². The van der Waals surface area contributed by atoms with Gasteiger partial charge in [-0.25, -0.2) is 13.2 Å². The van der Waals surface area contributed by atoms with Gasteiger partial charge in [-0.05, 0) is 18.2 Å². The molecule has 0 aliphatic rings. The Morgan fingerprint density at radius 2 is 1.89 bits per heavy atom. The molecule has 0 atom stereocenters. The Kier molecular flexibility index (Phi) is 4.18. The molecular weight excluding hydrogens is 291 g/mol. The van der Waals surface area contributed by atoms with Crippen LogP contribution in [-0.4, -0.2) is 26.7 Å². The molecule has 1 aromatic rings. The van der Waals surface area contributed by atoms with E-state index in [0.717, 1.165) is 12.0 Å². The molecule has 0 amide bonds. The van der Waals surface area contributed by atoms with Crippen LogP contribution in [-0.2, 0) is 20.9 Å². The summed E-state index contributed by atoms with van der Waals surface area (Å²) in [4.78, 5) is 11.2. The smallest absolute Gasteiger partial charge is 0.416 e. The van der Waals surface area contributed by atoms with Gasteiger partial charge in [0.25, 0.3) is 10.0 Å². The van der Waals surface area contributed by atoms with Crippen molar-refractivity contribution >= 4 is 16.0 Å². The summed E-state index contributed by atoms with van der Waals surface area (Å²) in [6.45, 7) is 0. The van der Waals surface area contributed by atoms with E-state index in [1.807, 2.05) is 0 Å². The summed E-state index contributed by atoms with van der Waals surface area (Å²) in [5.41, 5.74) is -1.96. The Balaban J connectivity index is 3.55. The van der Waals surface area contributed by atoms with Crippen molar-refractivity contribution in [3.8, 4) is 0 Å². The monoisotopic (exact) mass is 299 g/mol. The van der Waals surface area contributed by atoms with E-state index in [1.165, 1.54) is 0 Å². The molecule has 6 nitrogen and oxygen atoms in total. The van der Waals surface area contributed by atoms with Crippen LogP contribution in [0.15, 0.2) is 23.1 Å². The van der Waals surface area contributed by atoms with Crippen LogP contribution in [0, 0.1) is 0 Å². The van der Waals surface area contributed by atoms with E-state index in [-0.39, 0.29) is 6.07 Å². The minimum Gasteiger partial charge on any atom is -0.465 e. The summed E-state index contributed by atoms with van der Waals surface area (Å²) in [5.74, 6) is -1.14. The first kappa shape index (κ1) is 15.4. The minimum atomic E-state index is -4.86. The lowest BCUT2D eigenvalue weighted by Gasteiger charge is -2.11. The van der Waals surface area contributed by atoms with Gasteiger partial charge in [0, 0.05) is 0 Å². The number of nitrogens with one attached hydrogen (secondary N) is 1. The number of rotatable bonds is 3. The third-order valence-corrected chi connectivity index (χ3v) is 3.18. The van der Waals surface area contributed by atoms with Crippen molar-refractivity contribution in [2.75, 3.05) is 7.11 Å². The number of halogens is 3. The summed E-state index contributed by atoms with van der Waals surface area (Å²) in [6, 6.07) is 1.38. The standard InChI is InChI=1S/C9H8F3NO5S/c1-18-8(14)5-2-6(9(10,11)12)4-7(3-5)19(16,17)13-15/h2-4,13,15H,1H3. The molecule has 0 bridgehead atoms. The lowest BCUT2D eigenvalue weighted by Crippen LogP contribution is -2.21. The van der Waals surface area contributed by atoms with E-state index in [2.05, 4.69) is 4.74 Å². The highest BCUT2D eigenvalue weighted by atomic mass is 32.2. The molecule has 0 saturated heterocycles. The first-order valence-corrected chi connectivity index (χ1v) is 6.06.